The van der Waals surface area contributed by atoms with Gasteiger partial charge in [0.15, 0.2) is 5.78 Å². The first-order valence-corrected chi connectivity index (χ1v) is 5.11. The minimum Gasteiger partial charge on any atom is -0.300 e. The van der Waals surface area contributed by atoms with Crippen LogP contribution in [0, 0.1) is 5.92 Å². The third-order valence-electron chi connectivity index (χ3n) is 2.31. The minimum absolute atomic E-state index is 0.00968. The summed E-state index contributed by atoms with van der Waals surface area (Å²) in [6, 6.07) is 1.70. The maximum Gasteiger partial charge on any atom is 0.184 e. The number of carbonyl (C=O) groups is 2. The Balaban J connectivity index is 2.80. The van der Waals surface area contributed by atoms with Crippen molar-refractivity contribution in [3.05, 3.63) is 18.0 Å². The molecule has 82 valence electrons. The highest BCUT2D eigenvalue weighted by molar-refractivity contribution is 5.98. The van der Waals surface area contributed by atoms with Crippen LogP contribution in [0.2, 0.25) is 0 Å². The summed E-state index contributed by atoms with van der Waals surface area (Å²) in [5.41, 5.74) is 0.589. The predicted molar refractivity (Wildman–Crippen MR) is 56.7 cm³/mol. The molecule has 15 heavy (non-hydrogen) atoms. The highest BCUT2D eigenvalue weighted by atomic mass is 16.1. The summed E-state index contributed by atoms with van der Waals surface area (Å²) in [7, 11) is 0. The quantitative estimate of drug-likeness (QED) is 0.692. The Morgan fingerprint density at radius 1 is 1.53 bits per heavy atom. The predicted octanol–water partition coefficient (Wildman–Crippen LogP) is 1.70. The molecule has 0 radical (unpaired) electrons. The van der Waals surface area contributed by atoms with Gasteiger partial charge in [-0.05, 0) is 19.9 Å². The van der Waals surface area contributed by atoms with Gasteiger partial charge in [-0.1, -0.05) is 6.92 Å². The average Bonchev–Trinajstić information content (AvgIpc) is 2.62. The first-order valence-electron chi connectivity index (χ1n) is 5.11. The van der Waals surface area contributed by atoms with Crippen LogP contribution in [0.5, 0.6) is 0 Å². The van der Waals surface area contributed by atoms with Gasteiger partial charge < -0.3 is 4.79 Å². The smallest absolute Gasteiger partial charge is 0.184 e. The molecular formula is C11H16N2O2. The van der Waals surface area contributed by atoms with E-state index in [1.807, 2.05) is 6.92 Å². The summed E-state index contributed by atoms with van der Waals surface area (Å²) in [4.78, 5) is 22.8. The van der Waals surface area contributed by atoms with Crippen molar-refractivity contribution in [1.29, 1.82) is 0 Å². The fraction of sp³-hybridized carbons (Fsp3) is 0.545. The Bertz CT molecular complexity index is 368. The van der Waals surface area contributed by atoms with E-state index in [0.29, 0.717) is 18.7 Å². The second-order valence-corrected chi connectivity index (χ2v) is 3.70. The second-order valence-electron chi connectivity index (χ2n) is 3.70. The number of rotatable bonds is 5. The number of hydrogen-bond acceptors (Lipinski definition) is 3. The molecule has 0 fully saturated rings. The monoisotopic (exact) mass is 208 g/mol. The van der Waals surface area contributed by atoms with Crippen LogP contribution < -0.4 is 0 Å². The van der Waals surface area contributed by atoms with Gasteiger partial charge in [0, 0.05) is 25.1 Å². The maximum atomic E-state index is 11.9. The van der Waals surface area contributed by atoms with E-state index in [4.69, 9.17) is 0 Å². The SMILES string of the molecule is CCn1nccc1C(=O)C(C)CC(C)=O. The van der Waals surface area contributed by atoms with E-state index < -0.39 is 0 Å². The molecule has 1 unspecified atom stereocenters. The van der Waals surface area contributed by atoms with Gasteiger partial charge >= 0.3 is 0 Å². The van der Waals surface area contributed by atoms with E-state index in [1.54, 1.807) is 23.9 Å². The van der Waals surface area contributed by atoms with Crippen molar-refractivity contribution in [3.63, 3.8) is 0 Å². The summed E-state index contributed by atoms with van der Waals surface area (Å²) in [6.07, 6.45) is 1.91. The summed E-state index contributed by atoms with van der Waals surface area (Å²) < 4.78 is 1.65. The fourth-order valence-electron chi connectivity index (χ4n) is 1.57. The molecule has 0 aliphatic heterocycles. The van der Waals surface area contributed by atoms with Gasteiger partial charge in [-0.3, -0.25) is 9.48 Å². The van der Waals surface area contributed by atoms with Crippen LogP contribution in [0.1, 0.15) is 37.7 Å². The van der Waals surface area contributed by atoms with Crippen molar-refractivity contribution < 1.29 is 9.59 Å². The molecule has 1 rings (SSSR count). The van der Waals surface area contributed by atoms with Gasteiger partial charge in [0.1, 0.15) is 11.5 Å². The average molecular weight is 208 g/mol. The number of aryl methyl sites for hydroxylation is 1. The second kappa shape index (κ2) is 4.87. The molecule has 1 aromatic heterocycles. The van der Waals surface area contributed by atoms with E-state index in [9.17, 15) is 9.59 Å². The normalized spacial score (nSPS) is 12.5. The lowest BCUT2D eigenvalue weighted by molar-refractivity contribution is -0.117. The van der Waals surface area contributed by atoms with Gasteiger partial charge in [0.05, 0.1) is 0 Å². The highest BCUT2D eigenvalue weighted by Crippen LogP contribution is 2.12. The number of Topliss-reactive ketones (excluding diaryl/α,β-unsaturated/α-hetero) is 2. The number of carbonyl (C=O) groups excluding carboxylic acids is 2. The van der Waals surface area contributed by atoms with Crippen LogP contribution in [0.25, 0.3) is 0 Å². The van der Waals surface area contributed by atoms with Crippen molar-refractivity contribution in [2.45, 2.75) is 33.7 Å². The van der Waals surface area contributed by atoms with E-state index in [1.165, 1.54) is 6.92 Å². The zero-order valence-corrected chi connectivity index (χ0v) is 9.36. The Morgan fingerprint density at radius 3 is 2.73 bits per heavy atom. The zero-order chi connectivity index (χ0) is 11.4. The lowest BCUT2D eigenvalue weighted by Gasteiger charge is -2.09. The molecule has 0 aliphatic rings. The molecule has 0 amide bonds. The lowest BCUT2D eigenvalue weighted by Crippen LogP contribution is -2.18. The largest absolute Gasteiger partial charge is 0.300 e. The van der Waals surface area contributed by atoms with Crippen molar-refractivity contribution in [1.82, 2.24) is 9.78 Å². The fourth-order valence-corrected chi connectivity index (χ4v) is 1.57. The van der Waals surface area contributed by atoms with Gasteiger partial charge in [-0.2, -0.15) is 5.10 Å². The molecule has 1 heterocycles. The first-order chi connectivity index (χ1) is 7.06. The third kappa shape index (κ3) is 2.75. The summed E-state index contributed by atoms with van der Waals surface area (Å²) >= 11 is 0. The first kappa shape index (κ1) is 11.6. The molecular weight excluding hydrogens is 192 g/mol. The van der Waals surface area contributed by atoms with Crippen LogP contribution >= 0.6 is 0 Å². The number of hydrogen-bond donors (Lipinski definition) is 0. The number of ketones is 2. The topological polar surface area (TPSA) is 52.0 Å². The van der Waals surface area contributed by atoms with Gasteiger partial charge in [-0.25, -0.2) is 0 Å². The van der Waals surface area contributed by atoms with Crippen LogP contribution in [0.15, 0.2) is 12.3 Å². The molecule has 1 atom stereocenters. The van der Waals surface area contributed by atoms with Crippen LogP contribution in [-0.4, -0.2) is 21.3 Å². The molecule has 0 N–H and O–H groups in total. The van der Waals surface area contributed by atoms with Gasteiger partial charge in [0.25, 0.3) is 0 Å². The lowest BCUT2D eigenvalue weighted by atomic mass is 9.98. The summed E-state index contributed by atoms with van der Waals surface area (Å²) in [5.74, 6) is -0.229. The Kier molecular flexibility index (Phi) is 3.77. The Morgan fingerprint density at radius 2 is 2.20 bits per heavy atom. The van der Waals surface area contributed by atoms with Crippen molar-refractivity contribution >= 4 is 11.6 Å². The van der Waals surface area contributed by atoms with Crippen molar-refractivity contribution in [2.75, 3.05) is 0 Å². The standard InChI is InChI=1S/C11H16N2O2/c1-4-13-10(5-6-12-13)11(15)8(2)7-9(3)14/h5-6,8H,4,7H2,1-3H3. The minimum atomic E-state index is -0.260. The summed E-state index contributed by atoms with van der Waals surface area (Å²) in [6.45, 7) is 5.87. The molecule has 4 nitrogen and oxygen atoms in total. The number of aromatic nitrogens is 2. The molecule has 0 spiro atoms. The number of nitrogens with zero attached hydrogens (tertiary/aromatic N) is 2. The van der Waals surface area contributed by atoms with Crippen LogP contribution in [0.3, 0.4) is 0 Å². The van der Waals surface area contributed by atoms with Crippen LogP contribution in [-0.2, 0) is 11.3 Å². The van der Waals surface area contributed by atoms with Crippen molar-refractivity contribution in [3.8, 4) is 0 Å². The van der Waals surface area contributed by atoms with E-state index in [2.05, 4.69) is 5.10 Å². The molecule has 0 saturated heterocycles. The molecule has 0 aromatic carbocycles. The molecule has 0 bridgehead atoms. The summed E-state index contributed by atoms with van der Waals surface area (Å²) in [5, 5.41) is 4.03. The van der Waals surface area contributed by atoms with Gasteiger partial charge in [-0.15, -0.1) is 0 Å². The van der Waals surface area contributed by atoms with Crippen molar-refractivity contribution in [2.24, 2.45) is 5.92 Å². The molecule has 0 saturated carbocycles. The van der Waals surface area contributed by atoms with E-state index >= 15 is 0 Å². The molecule has 4 heteroatoms. The highest BCUT2D eigenvalue weighted by Gasteiger charge is 2.19. The molecule has 1 aromatic rings. The van der Waals surface area contributed by atoms with Gasteiger partial charge in [0.2, 0.25) is 0 Å². The Hall–Kier alpha value is -1.45. The van der Waals surface area contributed by atoms with E-state index in [-0.39, 0.29) is 17.5 Å². The Labute approximate surface area is 89.3 Å². The maximum absolute atomic E-state index is 11.9. The van der Waals surface area contributed by atoms with Crippen LogP contribution in [0.4, 0.5) is 0 Å². The zero-order valence-electron chi connectivity index (χ0n) is 9.36. The third-order valence-corrected chi connectivity index (χ3v) is 2.31. The van der Waals surface area contributed by atoms with E-state index in [0.717, 1.165) is 0 Å². The molecule has 0 aliphatic carbocycles.